The molecule has 1 N–H and O–H groups in total. The van der Waals surface area contributed by atoms with Crippen molar-refractivity contribution in [2.75, 3.05) is 6.54 Å². The van der Waals surface area contributed by atoms with Crippen LogP contribution in [0.1, 0.15) is 17.3 Å². The van der Waals surface area contributed by atoms with Gasteiger partial charge >= 0.3 is 0 Å². The standard InChI is InChI=1S/C10H10BrFN2O3/c1-6(11)5-13-10(15)8-3-2-7(14(16)17)4-9(8)12/h2-4,6H,5H2,1H3,(H,13,15). The third-order valence-corrected chi connectivity index (χ3v) is 2.28. The van der Waals surface area contributed by atoms with E-state index in [-0.39, 0.29) is 16.1 Å². The molecule has 0 saturated heterocycles. The van der Waals surface area contributed by atoms with E-state index in [1.165, 1.54) is 0 Å². The van der Waals surface area contributed by atoms with Crippen molar-refractivity contribution >= 4 is 27.5 Å². The summed E-state index contributed by atoms with van der Waals surface area (Å²) in [6.45, 7) is 2.17. The van der Waals surface area contributed by atoms with E-state index in [2.05, 4.69) is 21.2 Å². The van der Waals surface area contributed by atoms with Gasteiger partial charge in [-0.1, -0.05) is 22.9 Å². The first-order chi connectivity index (χ1) is 7.91. The second-order valence-corrected chi connectivity index (χ2v) is 4.98. The SMILES string of the molecule is CC(Br)CNC(=O)c1ccc([N+](=O)[O-])cc1F. The molecule has 0 aliphatic rings. The molecule has 0 aromatic heterocycles. The van der Waals surface area contributed by atoms with Gasteiger partial charge in [-0.15, -0.1) is 0 Å². The first-order valence-electron chi connectivity index (χ1n) is 4.78. The van der Waals surface area contributed by atoms with E-state index in [1.807, 2.05) is 6.92 Å². The summed E-state index contributed by atoms with van der Waals surface area (Å²) in [6, 6.07) is 2.92. The number of hydrogen-bond acceptors (Lipinski definition) is 3. The molecule has 0 radical (unpaired) electrons. The lowest BCUT2D eigenvalue weighted by Crippen LogP contribution is -2.29. The van der Waals surface area contributed by atoms with Crippen molar-refractivity contribution in [3.63, 3.8) is 0 Å². The fourth-order valence-electron chi connectivity index (χ4n) is 1.13. The number of nitrogens with one attached hydrogen (secondary N) is 1. The highest BCUT2D eigenvalue weighted by molar-refractivity contribution is 9.09. The highest BCUT2D eigenvalue weighted by Gasteiger charge is 2.16. The fourth-order valence-corrected chi connectivity index (χ4v) is 1.29. The van der Waals surface area contributed by atoms with Crippen LogP contribution in [0.5, 0.6) is 0 Å². The van der Waals surface area contributed by atoms with Gasteiger partial charge in [0.05, 0.1) is 16.6 Å². The van der Waals surface area contributed by atoms with Crippen LogP contribution < -0.4 is 5.32 Å². The van der Waals surface area contributed by atoms with Crippen molar-refractivity contribution in [1.29, 1.82) is 0 Å². The van der Waals surface area contributed by atoms with Gasteiger partial charge in [0, 0.05) is 17.4 Å². The summed E-state index contributed by atoms with van der Waals surface area (Å²) in [5.41, 5.74) is -0.586. The summed E-state index contributed by atoms with van der Waals surface area (Å²) in [5, 5.41) is 12.9. The number of carbonyl (C=O) groups excluding carboxylic acids is 1. The van der Waals surface area contributed by atoms with Crippen molar-refractivity contribution in [1.82, 2.24) is 5.32 Å². The number of benzene rings is 1. The second-order valence-electron chi connectivity index (χ2n) is 3.41. The van der Waals surface area contributed by atoms with Gasteiger partial charge in [0.15, 0.2) is 0 Å². The van der Waals surface area contributed by atoms with Crippen LogP contribution in [0, 0.1) is 15.9 Å². The van der Waals surface area contributed by atoms with Crippen molar-refractivity contribution in [2.24, 2.45) is 0 Å². The maximum Gasteiger partial charge on any atom is 0.272 e. The zero-order chi connectivity index (χ0) is 13.0. The molecular formula is C10H10BrFN2O3. The van der Waals surface area contributed by atoms with Crippen LogP contribution >= 0.6 is 15.9 Å². The topological polar surface area (TPSA) is 72.2 Å². The highest BCUT2D eigenvalue weighted by Crippen LogP contribution is 2.16. The van der Waals surface area contributed by atoms with Crippen LogP contribution in [-0.2, 0) is 0 Å². The molecule has 1 unspecified atom stereocenters. The Morgan fingerprint density at radius 1 is 1.65 bits per heavy atom. The summed E-state index contributed by atoms with van der Waals surface area (Å²) in [5.74, 6) is -1.50. The number of halogens is 2. The minimum absolute atomic E-state index is 0.0626. The number of rotatable bonds is 4. The lowest BCUT2D eigenvalue weighted by atomic mass is 10.2. The normalized spacial score (nSPS) is 11.9. The molecule has 0 fully saturated rings. The molecule has 7 heteroatoms. The Kier molecular flexibility index (Phi) is 4.56. The Balaban J connectivity index is 2.85. The molecule has 5 nitrogen and oxygen atoms in total. The summed E-state index contributed by atoms with van der Waals surface area (Å²) in [7, 11) is 0. The minimum atomic E-state index is -0.904. The van der Waals surface area contributed by atoms with E-state index in [0.29, 0.717) is 6.54 Å². The van der Waals surface area contributed by atoms with E-state index >= 15 is 0 Å². The number of alkyl halides is 1. The molecule has 0 saturated carbocycles. The van der Waals surface area contributed by atoms with Crippen LogP contribution in [-0.4, -0.2) is 22.2 Å². The molecule has 0 aliphatic heterocycles. The predicted molar refractivity (Wildman–Crippen MR) is 63.8 cm³/mol. The molecular weight excluding hydrogens is 295 g/mol. The minimum Gasteiger partial charge on any atom is -0.351 e. The van der Waals surface area contributed by atoms with Crippen LogP contribution in [0.3, 0.4) is 0 Å². The summed E-state index contributed by atoms with van der Waals surface area (Å²) in [4.78, 5) is 21.2. The number of hydrogen-bond donors (Lipinski definition) is 1. The summed E-state index contributed by atoms with van der Waals surface area (Å²) >= 11 is 3.23. The molecule has 0 aliphatic carbocycles. The van der Waals surface area contributed by atoms with Crippen molar-refractivity contribution in [2.45, 2.75) is 11.8 Å². The predicted octanol–water partition coefficient (Wildman–Crippen LogP) is 2.25. The van der Waals surface area contributed by atoms with Crippen LogP contribution in [0.15, 0.2) is 18.2 Å². The molecule has 1 aromatic rings. The average Bonchev–Trinajstić information content (AvgIpc) is 2.25. The Labute approximate surface area is 105 Å². The van der Waals surface area contributed by atoms with Crippen molar-refractivity contribution in [3.05, 3.63) is 39.7 Å². The Bertz CT molecular complexity index is 451. The lowest BCUT2D eigenvalue weighted by Gasteiger charge is -2.07. The van der Waals surface area contributed by atoms with Gasteiger partial charge in [-0.25, -0.2) is 4.39 Å². The van der Waals surface area contributed by atoms with Gasteiger partial charge in [0.25, 0.3) is 11.6 Å². The van der Waals surface area contributed by atoms with Gasteiger partial charge in [-0.3, -0.25) is 14.9 Å². The van der Waals surface area contributed by atoms with E-state index in [0.717, 1.165) is 18.2 Å². The number of nitrogens with zero attached hydrogens (tertiary/aromatic N) is 1. The maximum absolute atomic E-state index is 13.4. The molecule has 0 heterocycles. The molecule has 92 valence electrons. The van der Waals surface area contributed by atoms with E-state index in [9.17, 15) is 19.3 Å². The van der Waals surface area contributed by atoms with Crippen LogP contribution in [0.2, 0.25) is 0 Å². The highest BCUT2D eigenvalue weighted by atomic mass is 79.9. The van der Waals surface area contributed by atoms with Crippen LogP contribution in [0.25, 0.3) is 0 Å². The Hall–Kier alpha value is -1.50. The number of non-ortho nitro benzene ring substituents is 1. The zero-order valence-corrected chi connectivity index (χ0v) is 10.5. The fraction of sp³-hybridized carbons (Fsp3) is 0.300. The number of nitro benzene ring substituents is 1. The van der Waals surface area contributed by atoms with E-state index < -0.39 is 16.6 Å². The number of carbonyl (C=O) groups is 1. The van der Waals surface area contributed by atoms with Gasteiger partial charge < -0.3 is 5.32 Å². The molecule has 1 aromatic carbocycles. The monoisotopic (exact) mass is 304 g/mol. The quantitative estimate of drug-likeness (QED) is 0.527. The Morgan fingerprint density at radius 3 is 2.76 bits per heavy atom. The maximum atomic E-state index is 13.4. The van der Waals surface area contributed by atoms with Crippen molar-refractivity contribution in [3.8, 4) is 0 Å². The van der Waals surface area contributed by atoms with Gasteiger partial charge in [-0.2, -0.15) is 0 Å². The average molecular weight is 305 g/mol. The third-order valence-electron chi connectivity index (χ3n) is 1.95. The van der Waals surface area contributed by atoms with Gasteiger partial charge in [0.2, 0.25) is 0 Å². The first-order valence-corrected chi connectivity index (χ1v) is 5.69. The molecule has 1 atom stereocenters. The Morgan fingerprint density at radius 2 is 2.29 bits per heavy atom. The summed E-state index contributed by atoms with van der Waals surface area (Å²) in [6.07, 6.45) is 0. The van der Waals surface area contributed by atoms with E-state index in [4.69, 9.17) is 0 Å². The largest absolute Gasteiger partial charge is 0.351 e. The molecule has 0 bridgehead atoms. The number of nitro groups is 1. The third kappa shape index (κ3) is 3.77. The van der Waals surface area contributed by atoms with Crippen molar-refractivity contribution < 1.29 is 14.1 Å². The smallest absolute Gasteiger partial charge is 0.272 e. The lowest BCUT2D eigenvalue weighted by molar-refractivity contribution is -0.385. The van der Waals surface area contributed by atoms with E-state index in [1.54, 1.807) is 0 Å². The number of amides is 1. The molecule has 17 heavy (non-hydrogen) atoms. The van der Waals surface area contributed by atoms with Gasteiger partial charge in [0.1, 0.15) is 5.82 Å². The molecule has 0 spiro atoms. The summed E-state index contributed by atoms with van der Waals surface area (Å²) < 4.78 is 13.4. The zero-order valence-electron chi connectivity index (χ0n) is 8.94. The molecule has 1 rings (SSSR count). The second kappa shape index (κ2) is 5.72. The molecule has 1 amide bonds. The van der Waals surface area contributed by atoms with Gasteiger partial charge in [-0.05, 0) is 6.07 Å². The van der Waals surface area contributed by atoms with Crippen LogP contribution in [0.4, 0.5) is 10.1 Å². The first kappa shape index (κ1) is 13.6.